The highest BCUT2D eigenvalue weighted by Gasteiger charge is 2.23. The zero-order valence-corrected chi connectivity index (χ0v) is 18.8. The average molecular weight is 449 g/mol. The van der Waals surface area contributed by atoms with Crippen LogP contribution in [-0.4, -0.2) is 60.8 Å². The number of benzene rings is 1. The van der Waals surface area contributed by atoms with Gasteiger partial charge in [0.1, 0.15) is 11.4 Å². The Morgan fingerprint density at radius 2 is 1.83 bits per heavy atom. The number of carbonyl (C=O) groups is 2. The monoisotopic (exact) mass is 448 g/mol. The van der Waals surface area contributed by atoms with Crippen molar-refractivity contribution in [3.05, 3.63) is 23.8 Å². The fraction of sp³-hybridized carbons (Fsp3) is 0.600. The highest BCUT2D eigenvalue weighted by molar-refractivity contribution is 6.18. The minimum absolute atomic E-state index is 0.250. The Balaban J connectivity index is 3.10. The SMILES string of the molecule is COc1ccc(N(CCCl)CCCl)cc1C[C@H](CC(=O)O)NC(=O)OC(C)(C)C. The Morgan fingerprint density at radius 1 is 1.21 bits per heavy atom. The molecule has 0 saturated heterocycles. The van der Waals surface area contributed by atoms with Crippen molar-refractivity contribution in [3.63, 3.8) is 0 Å². The summed E-state index contributed by atoms with van der Waals surface area (Å²) in [5.41, 5.74) is 0.980. The number of alkyl carbamates (subject to hydrolysis) is 1. The standard InChI is InChI=1S/C20H30Cl2N2O5/c1-20(2,3)29-19(27)23-15(13-18(25)26)11-14-12-16(5-6-17(14)28-4)24(9-7-21)10-8-22/h5-6,12,15H,7-11,13H2,1-4H3,(H,23,27)(H,25,26)/t15-/m1/s1. The fourth-order valence-electron chi connectivity index (χ4n) is 2.82. The number of hydrogen-bond donors (Lipinski definition) is 2. The van der Waals surface area contributed by atoms with Crippen LogP contribution in [0.2, 0.25) is 0 Å². The van der Waals surface area contributed by atoms with Gasteiger partial charge in [-0.1, -0.05) is 0 Å². The molecule has 0 heterocycles. The summed E-state index contributed by atoms with van der Waals surface area (Å²) in [6.45, 7) is 6.47. The van der Waals surface area contributed by atoms with Gasteiger partial charge in [-0.3, -0.25) is 4.79 Å². The average Bonchev–Trinajstić information content (AvgIpc) is 2.59. The first-order chi connectivity index (χ1) is 13.6. The maximum Gasteiger partial charge on any atom is 0.407 e. The van der Waals surface area contributed by atoms with Crippen molar-refractivity contribution >= 4 is 41.0 Å². The van der Waals surface area contributed by atoms with E-state index >= 15 is 0 Å². The number of carboxylic acid groups (broad SMARTS) is 1. The van der Waals surface area contributed by atoms with Gasteiger partial charge in [0.25, 0.3) is 0 Å². The molecule has 1 aromatic carbocycles. The third-order valence-electron chi connectivity index (χ3n) is 3.95. The maximum atomic E-state index is 12.1. The van der Waals surface area contributed by atoms with E-state index in [9.17, 15) is 14.7 Å². The number of methoxy groups -OCH3 is 1. The number of carboxylic acids is 1. The first kappa shape index (κ1) is 25.2. The molecule has 0 radical (unpaired) electrons. The minimum Gasteiger partial charge on any atom is -0.496 e. The molecule has 1 rings (SSSR count). The smallest absolute Gasteiger partial charge is 0.407 e. The van der Waals surface area contributed by atoms with E-state index in [1.165, 1.54) is 0 Å². The van der Waals surface area contributed by atoms with Crippen molar-refractivity contribution in [3.8, 4) is 5.75 Å². The Morgan fingerprint density at radius 3 is 2.31 bits per heavy atom. The van der Waals surface area contributed by atoms with E-state index in [-0.39, 0.29) is 12.8 Å². The second-order valence-corrected chi connectivity index (χ2v) is 8.26. The first-order valence-electron chi connectivity index (χ1n) is 9.34. The molecule has 1 aromatic rings. The van der Waals surface area contributed by atoms with Gasteiger partial charge >= 0.3 is 12.1 Å². The predicted octanol–water partition coefficient (Wildman–Crippen LogP) is 3.89. The van der Waals surface area contributed by atoms with Crippen molar-refractivity contribution in [1.29, 1.82) is 0 Å². The number of carbonyl (C=O) groups excluding carboxylic acids is 1. The molecular weight excluding hydrogens is 419 g/mol. The summed E-state index contributed by atoms with van der Waals surface area (Å²) in [5.74, 6) is 0.471. The van der Waals surface area contributed by atoms with Gasteiger partial charge in [-0.25, -0.2) is 4.79 Å². The highest BCUT2D eigenvalue weighted by atomic mass is 35.5. The van der Waals surface area contributed by atoms with E-state index in [0.717, 1.165) is 11.3 Å². The van der Waals surface area contributed by atoms with Gasteiger partial charge in [-0.2, -0.15) is 0 Å². The quantitative estimate of drug-likeness (QED) is 0.499. The van der Waals surface area contributed by atoms with Gasteiger partial charge in [0, 0.05) is 36.6 Å². The molecule has 7 nitrogen and oxygen atoms in total. The van der Waals surface area contributed by atoms with E-state index in [4.69, 9.17) is 32.7 Å². The molecular formula is C20H30Cl2N2O5. The van der Waals surface area contributed by atoms with Crippen LogP contribution >= 0.6 is 23.2 Å². The number of ether oxygens (including phenoxy) is 2. The normalized spacial score (nSPS) is 12.2. The maximum absolute atomic E-state index is 12.1. The van der Waals surface area contributed by atoms with Crippen LogP contribution < -0.4 is 15.0 Å². The number of anilines is 1. The molecule has 0 aromatic heterocycles. The molecule has 2 N–H and O–H groups in total. The first-order valence-corrected chi connectivity index (χ1v) is 10.4. The molecule has 164 valence electrons. The number of nitrogens with one attached hydrogen (secondary N) is 1. The highest BCUT2D eigenvalue weighted by Crippen LogP contribution is 2.27. The summed E-state index contributed by atoms with van der Waals surface area (Å²) in [4.78, 5) is 25.5. The number of alkyl halides is 2. The fourth-order valence-corrected chi connectivity index (χ4v) is 3.23. The second-order valence-electron chi connectivity index (χ2n) is 7.51. The van der Waals surface area contributed by atoms with Crippen molar-refractivity contribution in [2.75, 3.05) is 36.9 Å². The number of rotatable bonds is 11. The molecule has 1 atom stereocenters. The minimum atomic E-state index is -1.02. The molecule has 0 bridgehead atoms. The summed E-state index contributed by atoms with van der Waals surface area (Å²) in [7, 11) is 1.54. The van der Waals surface area contributed by atoms with Crippen LogP contribution in [0.25, 0.3) is 0 Å². The molecule has 1 amide bonds. The topological polar surface area (TPSA) is 88.1 Å². The van der Waals surface area contributed by atoms with Crippen LogP contribution in [0.3, 0.4) is 0 Å². The van der Waals surface area contributed by atoms with Crippen molar-refractivity contribution in [2.24, 2.45) is 0 Å². The van der Waals surface area contributed by atoms with E-state index in [0.29, 0.717) is 30.6 Å². The zero-order chi connectivity index (χ0) is 22.0. The summed E-state index contributed by atoms with van der Waals surface area (Å²) in [5, 5.41) is 11.9. The largest absolute Gasteiger partial charge is 0.496 e. The Hall–Kier alpha value is -1.86. The van der Waals surface area contributed by atoms with Gasteiger partial charge in [-0.05, 0) is 51.0 Å². The lowest BCUT2D eigenvalue weighted by Crippen LogP contribution is -2.41. The number of amides is 1. The summed E-state index contributed by atoms with van der Waals surface area (Å²) >= 11 is 11.8. The summed E-state index contributed by atoms with van der Waals surface area (Å²) < 4.78 is 10.7. The van der Waals surface area contributed by atoms with Crippen molar-refractivity contribution in [2.45, 2.75) is 45.3 Å². The molecule has 0 aliphatic rings. The van der Waals surface area contributed by atoms with E-state index in [1.54, 1.807) is 27.9 Å². The second kappa shape index (κ2) is 12.0. The van der Waals surface area contributed by atoms with Crippen LogP contribution in [-0.2, 0) is 16.0 Å². The lowest BCUT2D eigenvalue weighted by atomic mass is 10.0. The number of nitrogens with zero attached hydrogens (tertiary/aromatic N) is 1. The molecule has 0 fully saturated rings. The van der Waals surface area contributed by atoms with Gasteiger partial charge in [0.15, 0.2) is 0 Å². The van der Waals surface area contributed by atoms with Crippen molar-refractivity contribution < 1.29 is 24.2 Å². The summed E-state index contributed by atoms with van der Waals surface area (Å²) in [6.07, 6.45) is -0.650. The van der Waals surface area contributed by atoms with Gasteiger partial charge in [0.2, 0.25) is 0 Å². The third kappa shape index (κ3) is 9.45. The van der Waals surface area contributed by atoms with Gasteiger partial charge in [0.05, 0.1) is 13.5 Å². The lowest BCUT2D eigenvalue weighted by molar-refractivity contribution is -0.137. The number of hydrogen-bond acceptors (Lipinski definition) is 5. The van der Waals surface area contributed by atoms with Crippen LogP contribution in [0, 0.1) is 0 Å². The van der Waals surface area contributed by atoms with E-state index in [2.05, 4.69) is 5.32 Å². The Bertz CT molecular complexity index is 673. The Kier molecular flexibility index (Phi) is 10.4. The molecule has 0 spiro atoms. The lowest BCUT2D eigenvalue weighted by Gasteiger charge is -2.26. The molecule has 0 aliphatic carbocycles. The molecule has 0 saturated carbocycles. The van der Waals surface area contributed by atoms with Gasteiger partial charge in [-0.15, -0.1) is 23.2 Å². The van der Waals surface area contributed by atoms with Crippen LogP contribution in [0.5, 0.6) is 5.75 Å². The van der Waals surface area contributed by atoms with E-state index in [1.807, 2.05) is 23.1 Å². The number of halogens is 2. The molecule has 0 unspecified atom stereocenters. The van der Waals surface area contributed by atoms with Crippen LogP contribution in [0.4, 0.5) is 10.5 Å². The third-order valence-corrected chi connectivity index (χ3v) is 4.28. The van der Waals surface area contributed by atoms with E-state index < -0.39 is 23.7 Å². The Labute approximate surface area is 182 Å². The van der Waals surface area contributed by atoms with Crippen molar-refractivity contribution in [1.82, 2.24) is 5.32 Å². The zero-order valence-electron chi connectivity index (χ0n) is 17.3. The number of aliphatic carboxylic acids is 1. The molecule has 0 aliphatic heterocycles. The van der Waals surface area contributed by atoms with Crippen LogP contribution in [0.15, 0.2) is 18.2 Å². The summed E-state index contributed by atoms with van der Waals surface area (Å²) in [6, 6.07) is 4.95. The van der Waals surface area contributed by atoms with Gasteiger partial charge < -0.3 is 24.8 Å². The predicted molar refractivity (Wildman–Crippen MR) is 116 cm³/mol. The van der Waals surface area contributed by atoms with Crippen LogP contribution in [0.1, 0.15) is 32.8 Å². The molecule has 29 heavy (non-hydrogen) atoms. The molecule has 9 heteroatoms.